The molecule has 2 aromatic rings. The van der Waals surface area contributed by atoms with Gasteiger partial charge in [-0.3, -0.25) is 9.59 Å². The summed E-state index contributed by atoms with van der Waals surface area (Å²) in [4.78, 5) is 23.0. The summed E-state index contributed by atoms with van der Waals surface area (Å²) >= 11 is 0. The number of aryl methyl sites for hydroxylation is 2. The summed E-state index contributed by atoms with van der Waals surface area (Å²) < 4.78 is 2.08. The normalized spacial score (nSPS) is 10.4. The number of imide groups is 1. The van der Waals surface area contributed by atoms with Crippen molar-refractivity contribution < 1.29 is 9.59 Å². The van der Waals surface area contributed by atoms with Gasteiger partial charge in [0.2, 0.25) is 5.91 Å². The molecule has 0 fully saturated rings. The molecule has 0 aliphatic carbocycles. The molecular weight excluding hydrogens is 254 g/mol. The Morgan fingerprint density at radius 1 is 1.00 bits per heavy atom. The molecule has 0 bridgehead atoms. The van der Waals surface area contributed by atoms with E-state index in [1.165, 1.54) is 6.92 Å². The highest BCUT2D eigenvalue weighted by Gasteiger charge is 2.16. The molecule has 2 rings (SSSR count). The first-order valence-corrected chi connectivity index (χ1v) is 6.27. The van der Waals surface area contributed by atoms with Crippen LogP contribution in [-0.2, 0) is 4.79 Å². The lowest BCUT2D eigenvalue weighted by Gasteiger charge is -2.13. The number of nitrogens with zero attached hydrogens (tertiary/aromatic N) is 2. The highest BCUT2D eigenvalue weighted by molar-refractivity contribution is 6.03. The first-order chi connectivity index (χ1) is 9.41. The number of amides is 2. The van der Waals surface area contributed by atoms with Crippen molar-refractivity contribution in [2.75, 3.05) is 0 Å². The molecule has 0 saturated carbocycles. The zero-order valence-corrected chi connectivity index (χ0v) is 11.8. The first kappa shape index (κ1) is 14.0. The van der Waals surface area contributed by atoms with E-state index in [1.807, 2.05) is 38.1 Å². The lowest BCUT2D eigenvalue weighted by Crippen LogP contribution is -2.41. The van der Waals surface area contributed by atoms with E-state index >= 15 is 0 Å². The maximum atomic E-state index is 11.9. The summed E-state index contributed by atoms with van der Waals surface area (Å²) in [6.45, 7) is 5.28. The predicted octanol–water partition coefficient (Wildman–Crippen LogP) is 1.96. The van der Waals surface area contributed by atoms with Crippen molar-refractivity contribution in [2.45, 2.75) is 20.8 Å². The van der Waals surface area contributed by atoms with Gasteiger partial charge in [0, 0.05) is 29.6 Å². The Labute approximate surface area is 117 Å². The quantitative estimate of drug-likeness (QED) is 0.515. The summed E-state index contributed by atoms with van der Waals surface area (Å²) in [7, 11) is 0. The zero-order chi connectivity index (χ0) is 14.9. The average Bonchev–Trinajstić information content (AvgIpc) is 2.76. The third kappa shape index (κ3) is 2.48. The zero-order valence-electron chi connectivity index (χ0n) is 11.8. The highest BCUT2D eigenvalue weighted by atomic mass is 16.2. The molecule has 0 aliphatic heterocycles. The molecule has 1 aromatic carbocycles. The minimum atomic E-state index is -0.509. The molecule has 2 N–H and O–H groups in total. The second-order valence-electron chi connectivity index (χ2n) is 4.69. The molecule has 0 unspecified atom stereocenters. The van der Waals surface area contributed by atoms with Crippen molar-refractivity contribution in [3.63, 3.8) is 0 Å². The van der Waals surface area contributed by atoms with Crippen LogP contribution in [0.3, 0.4) is 0 Å². The summed E-state index contributed by atoms with van der Waals surface area (Å²) in [6.07, 6.45) is 0. The third-order valence-corrected chi connectivity index (χ3v) is 3.20. The lowest BCUT2D eigenvalue weighted by atomic mass is 10.2. The maximum Gasteiger partial charge on any atom is 0.274 e. The number of hydrogen-bond donors (Lipinski definition) is 1. The van der Waals surface area contributed by atoms with Gasteiger partial charge in [-0.15, -0.1) is 0 Å². The third-order valence-electron chi connectivity index (χ3n) is 3.20. The second kappa shape index (κ2) is 5.30. The van der Waals surface area contributed by atoms with E-state index in [2.05, 4.69) is 4.57 Å². The van der Waals surface area contributed by atoms with Crippen LogP contribution in [0.2, 0.25) is 0 Å². The van der Waals surface area contributed by atoms with Crippen molar-refractivity contribution in [3.05, 3.63) is 53.3 Å². The van der Waals surface area contributed by atoms with Gasteiger partial charge in [0.1, 0.15) is 0 Å². The van der Waals surface area contributed by atoms with E-state index < -0.39 is 11.8 Å². The molecule has 0 spiro atoms. The minimum absolute atomic E-state index is 0.383. The highest BCUT2D eigenvalue weighted by Crippen LogP contribution is 2.17. The Hall–Kier alpha value is -2.40. The smallest absolute Gasteiger partial charge is 0.274 e. The van der Waals surface area contributed by atoms with E-state index in [9.17, 15) is 9.59 Å². The summed E-state index contributed by atoms with van der Waals surface area (Å²) in [5, 5.41) is 0.612. The van der Waals surface area contributed by atoms with E-state index in [0.717, 1.165) is 17.1 Å². The minimum Gasteiger partial charge on any atom is -0.319 e. The Morgan fingerprint density at radius 3 is 1.95 bits per heavy atom. The van der Waals surface area contributed by atoms with Gasteiger partial charge in [-0.25, -0.2) is 10.9 Å². The van der Waals surface area contributed by atoms with Crippen LogP contribution in [-0.4, -0.2) is 21.4 Å². The van der Waals surface area contributed by atoms with Crippen molar-refractivity contribution in [1.29, 1.82) is 0 Å². The van der Waals surface area contributed by atoms with Crippen LogP contribution in [0.5, 0.6) is 0 Å². The van der Waals surface area contributed by atoms with Crippen LogP contribution in [0.1, 0.15) is 28.7 Å². The largest absolute Gasteiger partial charge is 0.319 e. The van der Waals surface area contributed by atoms with Crippen LogP contribution in [0.15, 0.2) is 36.4 Å². The standard InChI is InChI=1S/C15H17N3O2/c1-10-4-5-11(2)17(10)14-8-6-13(7-9-14)15(20)18(16)12(3)19/h4-9H,16H2,1-3H3. The number of hydrazine groups is 1. The van der Waals surface area contributed by atoms with Crippen molar-refractivity contribution in [1.82, 2.24) is 9.58 Å². The molecule has 20 heavy (non-hydrogen) atoms. The van der Waals surface area contributed by atoms with Crippen LogP contribution in [0, 0.1) is 13.8 Å². The number of aromatic nitrogens is 1. The molecule has 0 atom stereocenters. The average molecular weight is 271 g/mol. The van der Waals surface area contributed by atoms with Crippen LogP contribution >= 0.6 is 0 Å². The fourth-order valence-electron chi connectivity index (χ4n) is 2.11. The fraction of sp³-hybridized carbons (Fsp3) is 0.200. The Bertz CT molecular complexity index is 637. The molecule has 0 saturated heterocycles. The molecule has 1 aromatic heterocycles. The Kier molecular flexibility index (Phi) is 3.72. The van der Waals surface area contributed by atoms with Gasteiger partial charge < -0.3 is 4.57 Å². The summed E-state index contributed by atoms with van der Waals surface area (Å²) in [5.41, 5.74) is 3.58. The second-order valence-corrected chi connectivity index (χ2v) is 4.69. The van der Waals surface area contributed by atoms with Gasteiger partial charge >= 0.3 is 0 Å². The molecule has 104 valence electrons. The maximum absolute atomic E-state index is 11.9. The SMILES string of the molecule is CC(=O)N(N)C(=O)c1ccc(-n2c(C)ccc2C)cc1. The van der Waals surface area contributed by atoms with Gasteiger partial charge in [-0.05, 0) is 50.2 Å². The van der Waals surface area contributed by atoms with Gasteiger partial charge in [-0.1, -0.05) is 0 Å². The number of carbonyl (C=O) groups is 2. The molecule has 0 aliphatic rings. The van der Waals surface area contributed by atoms with Gasteiger partial charge in [0.15, 0.2) is 0 Å². The topological polar surface area (TPSA) is 68.3 Å². The monoisotopic (exact) mass is 271 g/mol. The van der Waals surface area contributed by atoms with Crippen molar-refractivity contribution in [2.24, 2.45) is 5.84 Å². The lowest BCUT2D eigenvalue weighted by molar-refractivity contribution is -0.126. The molecule has 2 amide bonds. The number of hydrogen-bond acceptors (Lipinski definition) is 3. The van der Waals surface area contributed by atoms with Crippen molar-refractivity contribution in [3.8, 4) is 5.69 Å². The Balaban J connectivity index is 2.32. The van der Waals surface area contributed by atoms with E-state index in [-0.39, 0.29) is 0 Å². The molecule has 0 radical (unpaired) electrons. The van der Waals surface area contributed by atoms with Crippen molar-refractivity contribution >= 4 is 11.8 Å². The number of nitrogens with two attached hydrogens (primary N) is 1. The van der Waals surface area contributed by atoms with Crippen LogP contribution in [0.25, 0.3) is 5.69 Å². The molecule has 5 nitrogen and oxygen atoms in total. The van der Waals surface area contributed by atoms with Crippen LogP contribution < -0.4 is 5.84 Å². The van der Waals surface area contributed by atoms with E-state index in [0.29, 0.717) is 10.6 Å². The first-order valence-electron chi connectivity index (χ1n) is 6.27. The summed E-state index contributed by atoms with van der Waals surface area (Å²) in [6, 6.07) is 11.1. The van der Waals surface area contributed by atoms with Gasteiger partial charge in [0.05, 0.1) is 0 Å². The van der Waals surface area contributed by atoms with E-state index in [1.54, 1.807) is 12.1 Å². The van der Waals surface area contributed by atoms with E-state index in [4.69, 9.17) is 5.84 Å². The number of rotatable bonds is 2. The number of benzene rings is 1. The predicted molar refractivity (Wildman–Crippen MR) is 76.3 cm³/mol. The molecular formula is C15H17N3O2. The number of carbonyl (C=O) groups excluding carboxylic acids is 2. The Morgan fingerprint density at radius 2 is 1.50 bits per heavy atom. The van der Waals surface area contributed by atoms with Crippen LogP contribution in [0.4, 0.5) is 0 Å². The summed E-state index contributed by atoms with van der Waals surface area (Å²) in [5.74, 6) is 4.40. The molecule has 5 heteroatoms. The van der Waals surface area contributed by atoms with Gasteiger partial charge in [0.25, 0.3) is 5.91 Å². The van der Waals surface area contributed by atoms with Gasteiger partial charge in [-0.2, -0.15) is 0 Å². The molecule has 1 heterocycles. The fourth-order valence-corrected chi connectivity index (χ4v) is 2.11.